The first kappa shape index (κ1) is 34.6. The van der Waals surface area contributed by atoms with Crippen LogP contribution < -0.4 is 34.7 Å². The minimum atomic E-state index is -2.06. The summed E-state index contributed by atoms with van der Waals surface area (Å²) in [6.45, 7) is 0.601. The van der Waals surface area contributed by atoms with Gasteiger partial charge < -0.3 is 74.2 Å². The lowest BCUT2D eigenvalue weighted by atomic mass is 9.79. The molecule has 0 amide bonds. The number of hydrogen-bond donors (Lipinski definition) is 7. The number of nitrogens with one attached hydrogen (secondary N) is 2. The van der Waals surface area contributed by atoms with Crippen molar-refractivity contribution in [1.29, 1.82) is 0 Å². The molecular formula is C36H38N4O13. The van der Waals surface area contributed by atoms with Gasteiger partial charge in [-0.15, -0.1) is 0 Å². The lowest BCUT2D eigenvalue weighted by Gasteiger charge is -2.52. The zero-order valence-electron chi connectivity index (χ0n) is 28.5. The monoisotopic (exact) mass is 734 g/mol. The standard InChI is InChI=1S/C36H38N4O13/c1-47-22-4-3-19-20-15-49-23-10-18(9-17(13-40-12-16-5-7-38-21(16)14-40)26(23)29(20)52-30(19)31(22)48-2)50-35-28(45)27(44)32(46)36(53-35)6-8-39-34(37)33(36)51-25(43)11-24(41)42/h3-10,12,14,20,27-29,32-35,38-39,44-46H,11,13,15,37H2,1-2H3,(H,41,42)/t20-,27+,28+,29+,32-,33+,34-,35+,36-/m0/s1. The largest absolute Gasteiger partial charge is 0.493 e. The van der Waals surface area contributed by atoms with Crippen molar-refractivity contribution in [2.24, 2.45) is 5.73 Å². The van der Waals surface area contributed by atoms with E-state index in [0.717, 1.165) is 27.6 Å². The maximum atomic E-state index is 12.5. The number of rotatable bonds is 9. The van der Waals surface area contributed by atoms with Crippen molar-refractivity contribution in [2.45, 2.75) is 67.5 Å². The minimum absolute atomic E-state index is 0.175. The van der Waals surface area contributed by atoms with E-state index >= 15 is 0 Å². The average molecular weight is 735 g/mol. The number of aliphatic hydroxyl groups excluding tert-OH is 3. The molecule has 8 N–H and O–H groups in total. The molecule has 17 heteroatoms. The highest BCUT2D eigenvalue weighted by Gasteiger charge is 2.61. The van der Waals surface area contributed by atoms with Crippen molar-refractivity contribution in [3.8, 4) is 28.7 Å². The number of carboxylic acids is 1. The smallest absolute Gasteiger partial charge is 0.317 e. The minimum Gasteiger partial charge on any atom is -0.493 e. The van der Waals surface area contributed by atoms with Crippen LogP contribution in [0.5, 0.6) is 28.7 Å². The second kappa shape index (κ2) is 13.2. The van der Waals surface area contributed by atoms with Crippen LogP contribution in [0.3, 0.4) is 0 Å². The average Bonchev–Trinajstić information content (AvgIpc) is 3.84. The highest BCUT2D eigenvalue weighted by Crippen LogP contribution is 2.57. The number of aromatic amines is 1. The van der Waals surface area contributed by atoms with Gasteiger partial charge in [0.15, 0.2) is 23.2 Å². The SMILES string of the molecule is COc1ccc2c(c1OC)O[C@H]1c3c(Cn4cc5cc[nH]c5c4)cc(O[C@@H]4O[C@@]5(C=CN[C@H](N)[C@H]5OC(=O)CC(=O)O)[C@@H](O)[C@H](O)[C@H]4O)cc3OC[C@@H]21. The fourth-order valence-electron chi connectivity index (χ4n) is 7.68. The van der Waals surface area contributed by atoms with E-state index in [0.29, 0.717) is 29.5 Å². The third-order valence-corrected chi connectivity index (χ3v) is 10.2. The molecule has 1 spiro atoms. The zero-order valence-corrected chi connectivity index (χ0v) is 28.5. The molecule has 4 aliphatic rings. The molecule has 17 nitrogen and oxygen atoms in total. The lowest BCUT2D eigenvalue weighted by molar-refractivity contribution is -0.321. The molecule has 1 fully saturated rings. The van der Waals surface area contributed by atoms with E-state index in [-0.39, 0.29) is 18.3 Å². The molecule has 4 aromatic rings. The van der Waals surface area contributed by atoms with Gasteiger partial charge in [-0.2, -0.15) is 0 Å². The third-order valence-electron chi connectivity index (χ3n) is 10.2. The van der Waals surface area contributed by atoms with Crippen molar-refractivity contribution in [2.75, 3.05) is 20.8 Å². The number of nitrogens with zero attached hydrogens (tertiary/aromatic N) is 1. The fraction of sp³-hybridized carbons (Fsp3) is 0.389. The molecule has 2 aromatic heterocycles. The number of ether oxygens (including phenoxy) is 7. The number of fused-ring (bicyclic) bond motifs is 6. The van der Waals surface area contributed by atoms with Gasteiger partial charge in [0.2, 0.25) is 12.0 Å². The molecular weight excluding hydrogens is 696 g/mol. The number of aromatic nitrogens is 2. The molecule has 0 aliphatic carbocycles. The van der Waals surface area contributed by atoms with Crippen molar-refractivity contribution in [3.63, 3.8) is 0 Å². The molecule has 6 heterocycles. The maximum Gasteiger partial charge on any atom is 0.317 e. The maximum absolute atomic E-state index is 12.5. The Hall–Kier alpha value is -5.46. The van der Waals surface area contributed by atoms with E-state index < -0.39 is 66.9 Å². The van der Waals surface area contributed by atoms with Crippen molar-refractivity contribution in [3.05, 3.63) is 77.9 Å². The van der Waals surface area contributed by atoms with Gasteiger partial charge in [0, 0.05) is 47.7 Å². The number of hydrogen-bond acceptors (Lipinski definition) is 14. The Labute approximate surface area is 301 Å². The van der Waals surface area contributed by atoms with Gasteiger partial charge in [-0.1, -0.05) is 6.07 Å². The Balaban J connectivity index is 1.16. The first-order valence-electron chi connectivity index (χ1n) is 16.8. The van der Waals surface area contributed by atoms with Gasteiger partial charge in [-0.25, -0.2) is 0 Å². The number of aliphatic carboxylic acids is 1. The molecule has 1 saturated heterocycles. The van der Waals surface area contributed by atoms with Crippen molar-refractivity contribution < 1.29 is 63.2 Å². The van der Waals surface area contributed by atoms with Gasteiger partial charge >= 0.3 is 11.9 Å². The quantitative estimate of drug-likeness (QED) is 0.0938. The number of aliphatic hydroxyl groups is 3. The number of carbonyl (C=O) groups excluding carboxylic acids is 1. The summed E-state index contributed by atoms with van der Waals surface area (Å²) < 4.78 is 44.0. The molecule has 0 radical (unpaired) electrons. The predicted molar refractivity (Wildman–Crippen MR) is 182 cm³/mol. The van der Waals surface area contributed by atoms with Crippen molar-refractivity contribution in [1.82, 2.24) is 14.9 Å². The van der Waals surface area contributed by atoms with Gasteiger partial charge in [-0.05, 0) is 36.0 Å². The Kier molecular flexibility index (Phi) is 8.62. The second-order valence-electron chi connectivity index (χ2n) is 13.3. The number of carbonyl (C=O) groups is 2. The fourth-order valence-corrected chi connectivity index (χ4v) is 7.68. The van der Waals surface area contributed by atoms with E-state index in [4.69, 9.17) is 44.0 Å². The Morgan fingerprint density at radius 1 is 1.09 bits per heavy atom. The summed E-state index contributed by atoms with van der Waals surface area (Å²) in [5.74, 6) is -0.614. The van der Waals surface area contributed by atoms with Crippen LogP contribution in [0.2, 0.25) is 0 Å². The van der Waals surface area contributed by atoms with E-state index in [9.17, 15) is 24.9 Å². The molecule has 9 atom stereocenters. The summed E-state index contributed by atoms with van der Waals surface area (Å²) >= 11 is 0. The topological polar surface area (TPSA) is 238 Å². The molecule has 4 aliphatic heterocycles. The molecule has 280 valence electrons. The number of esters is 1. The molecule has 0 unspecified atom stereocenters. The van der Waals surface area contributed by atoms with Gasteiger partial charge in [-0.3, -0.25) is 9.59 Å². The summed E-state index contributed by atoms with van der Waals surface area (Å²) in [4.78, 5) is 26.9. The first-order valence-corrected chi connectivity index (χ1v) is 16.8. The highest BCUT2D eigenvalue weighted by molar-refractivity contribution is 5.90. The normalized spacial score (nSPS) is 29.6. The molecule has 8 rings (SSSR count). The van der Waals surface area contributed by atoms with Crippen LogP contribution in [0.4, 0.5) is 0 Å². The summed E-state index contributed by atoms with van der Waals surface area (Å²) in [5.41, 5.74) is 7.48. The molecule has 53 heavy (non-hydrogen) atoms. The second-order valence-corrected chi connectivity index (χ2v) is 13.3. The van der Waals surface area contributed by atoms with Gasteiger partial charge in [0.1, 0.15) is 48.5 Å². The zero-order chi connectivity index (χ0) is 37.2. The van der Waals surface area contributed by atoms with Gasteiger partial charge in [0.25, 0.3) is 0 Å². The molecule has 0 bridgehead atoms. The molecule has 2 aromatic carbocycles. The number of methoxy groups -OCH3 is 2. The van der Waals surface area contributed by atoms with Gasteiger partial charge in [0.05, 0.1) is 32.3 Å². The summed E-state index contributed by atoms with van der Waals surface area (Å²) in [7, 11) is 3.10. The highest BCUT2D eigenvalue weighted by atomic mass is 16.7. The van der Waals surface area contributed by atoms with Crippen LogP contribution in [0.1, 0.15) is 35.1 Å². The van der Waals surface area contributed by atoms with Crippen LogP contribution in [-0.2, 0) is 25.6 Å². The predicted octanol–water partition coefficient (Wildman–Crippen LogP) is 0.989. The summed E-state index contributed by atoms with van der Waals surface area (Å²) in [6.07, 6.45) is -3.00. The van der Waals surface area contributed by atoms with E-state index in [2.05, 4.69) is 10.3 Å². The summed E-state index contributed by atoms with van der Waals surface area (Å²) in [6, 6.07) is 9.09. The van der Waals surface area contributed by atoms with Crippen LogP contribution in [-0.4, -0.2) is 105 Å². The van der Waals surface area contributed by atoms with E-state index in [1.54, 1.807) is 26.4 Å². The first-order chi connectivity index (χ1) is 25.5. The van der Waals surface area contributed by atoms with Crippen LogP contribution in [0.15, 0.2) is 61.2 Å². The van der Waals surface area contributed by atoms with E-state index in [1.165, 1.54) is 12.3 Å². The number of carboxylic acid groups (broad SMARTS) is 1. The van der Waals surface area contributed by atoms with E-state index in [1.807, 2.05) is 41.4 Å². The van der Waals surface area contributed by atoms with Crippen molar-refractivity contribution >= 4 is 22.8 Å². The van der Waals surface area contributed by atoms with Crippen LogP contribution >= 0.6 is 0 Å². The lowest BCUT2D eigenvalue weighted by Crippen LogP contribution is -2.74. The summed E-state index contributed by atoms with van der Waals surface area (Å²) in [5, 5.41) is 46.3. The molecule has 0 saturated carbocycles. The Morgan fingerprint density at radius 2 is 1.92 bits per heavy atom. The van der Waals surface area contributed by atoms with Crippen LogP contribution in [0, 0.1) is 0 Å². The van der Waals surface area contributed by atoms with Crippen LogP contribution in [0.25, 0.3) is 10.9 Å². The number of H-pyrrole nitrogens is 1. The Bertz CT molecular complexity index is 2070. The Morgan fingerprint density at radius 3 is 2.68 bits per heavy atom. The number of nitrogens with two attached hydrogens (primary N) is 1. The third kappa shape index (κ3) is 5.77. The number of benzene rings is 2.